The van der Waals surface area contributed by atoms with Crippen molar-refractivity contribution in [1.29, 1.82) is 0 Å². The van der Waals surface area contributed by atoms with Crippen LogP contribution in [0.4, 0.5) is 5.69 Å². The highest BCUT2D eigenvalue weighted by molar-refractivity contribution is 8.12. The molecule has 3 aromatic rings. The van der Waals surface area contributed by atoms with Gasteiger partial charge in [-0.1, -0.05) is 78.5 Å². The lowest BCUT2D eigenvalue weighted by Crippen LogP contribution is -3.15. The first kappa shape index (κ1) is 33.5. The Labute approximate surface area is 292 Å². The quantitative estimate of drug-likeness (QED) is 0.174. The number of carbonyl (C=O) groups is 1. The van der Waals surface area contributed by atoms with Gasteiger partial charge in [0.15, 0.2) is 16.1 Å². The number of likely N-dealkylation sites (N-methyl/N-ethyl adjacent to an activating group) is 1. The van der Waals surface area contributed by atoms with Gasteiger partial charge >= 0.3 is 5.91 Å². The summed E-state index contributed by atoms with van der Waals surface area (Å²) in [6, 6.07) is 27.9. The summed E-state index contributed by atoms with van der Waals surface area (Å²) < 4.78 is 6.10. The van der Waals surface area contributed by atoms with Crippen LogP contribution in [0.1, 0.15) is 44.4 Å². The van der Waals surface area contributed by atoms with Crippen LogP contribution >= 0.6 is 35.3 Å². The van der Waals surface area contributed by atoms with Crippen LogP contribution in [0.3, 0.4) is 0 Å². The second kappa shape index (κ2) is 15.2. The summed E-state index contributed by atoms with van der Waals surface area (Å²) in [6.07, 6.45) is 8.39. The van der Waals surface area contributed by atoms with Gasteiger partial charge in [-0.05, 0) is 93.1 Å². The molecule has 5 nitrogen and oxygen atoms in total. The van der Waals surface area contributed by atoms with E-state index in [1.807, 2.05) is 19.1 Å². The second-order valence-electron chi connectivity index (χ2n) is 11.5. The molecule has 0 spiro atoms. The van der Waals surface area contributed by atoms with E-state index in [1.165, 1.54) is 52.8 Å². The number of amides is 1. The van der Waals surface area contributed by atoms with Crippen LogP contribution in [0, 0.1) is 6.92 Å². The Bertz CT molecular complexity index is 1780. The van der Waals surface area contributed by atoms with Crippen LogP contribution in [0.2, 0.25) is 0 Å². The van der Waals surface area contributed by atoms with Crippen molar-refractivity contribution >= 4 is 57.5 Å². The van der Waals surface area contributed by atoms with Gasteiger partial charge in [-0.25, -0.2) is 4.79 Å². The molecule has 1 saturated heterocycles. The van der Waals surface area contributed by atoms with Gasteiger partial charge < -0.3 is 9.64 Å². The third-order valence-electron chi connectivity index (χ3n) is 8.46. The molecule has 1 fully saturated rings. The van der Waals surface area contributed by atoms with Crippen LogP contribution in [0.15, 0.2) is 129 Å². The summed E-state index contributed by atoms with van der Waals surface area (Å²) >= 11 is 5.26. The zero-order chi connectivity index (χ0) is 32.9. The van der Waals surface area contributed by atoms with Crippen molar-refractivity contribution in [3.8, 4) is 0 Å². The van der Waals surface area contributed by atoms with Crippen LogP contribution < -0.4 is 9.80 Å². The number of ether oxygens (including phenoxy) is 1. The van der Waals surface area contributed by atoms with Crippen LogP contribution in [-0.2, 0) is 9.53 Å². The number of fused-ring (bicyclic) bond motifs is 1. The SMILES string of the molecule is CCOC(=C\C=C1\SC(/C=C2\SC(c3ccccc3)=C(c3ccccc3)N2CC)[NH+](CC)C1=O)/C=C1\Sc2ccc(C)cc2[NH+]1CC. The normalized spacial score (nSPS) is 23.9. The minimum Gasteiger partial charge on any atom is -0.494 e. The molecule has 47 heavy (non-hydrogen) atoms. The fraction of sp³-hybridized carbons (Fsp3) is 0.256. The van der Waals surface area contributed by atoms with Crippen molar-refractivity contribution in [3.05, 3.63) is 141 Å². The Hall–Kier alpha value is -3.40. The summed E-state index contributed by atoms with van der Waals surface area (Å²) in [5, 5.41) is 2.37. The average Bonchev–Trinajstić information content (AvgIpc) is 3.73. The van der Waals surface area contributed by atoms with E-state index in [1.54, 1.807) is 35.3 Å². The van der Waals surface area contributed by atoms with Crippen LogP contribution in [-0.4, -0.2) is 42.4 Å². The van der Waals surface area contributed by atoms with Gasteiger partial charge in [0.05, 0.1) is 35.3 Å². The lowest BCUT2D eigenvalue weighted by molar-refractivity contribution is -0.817. The molecule has 3 heterocycles. The molecule has 3 aromatic carbocycles. The topological polar surface area (TPSA) is 38.4 Å². The van der Waals surface area contributed by atoms with E-state index in [0.717, 1.165) is 28.7 Å². The van der Waals surface area contributed by atoms with Crippen molar-refractivity contribution in [1.82, 2.24) is 4.90 Å². The Morgan fingerprint density at radius 3 is 2.30 bits per heavy atom. The highest BCUT2D eigenvalue weighted by Crippen LogP contribution is 2.50. The van der Waals surface area contributed by atoms with Crippen LogP contribution in [0.25, 0.3) is 10.6 Å². The maximum Gasteiger partial charge on any atom is 0.352 e. The van der Waals surface area contributed by atoms with Gasteiger partial charge in [-0.15, -0.1) is 0 Å². The van der Waals surface area contributed by atoms with Crippen molar-refractivity contribution in [2.75, 3.05) is 26.2 Å². The van der Waals surface area contributed by atoms with Gasteiger partial charge in [0.25, 0.3) is 0 Å². The molecule has 2 N–H and O–H groups in total. The molecule has 3 unspecified atom stereocenters. The first-order valence-corrected chi connectivity index (χ1v) is 19.0. The number of quaternary nitrogens is 2. The highest BCUT2D eigenvalue weighted by Gasteiger charge is 2.41. The molecule has 242 valence electrons. The summed E-state index contributed by atoms with van der Waals surface area (Å²) in [4.78, 5) is 21.8. The Morgan fingerprint density at radius 1 is 0.915 bits per heavy atom. The van der Waals surface area contributed by atoms with Gasteiger partial charge in [-0.2, -0.15) is 0 Å². The van der Waals surface area contributed by atoms with Crippen molar-refractivity contribution in [3.63, 3.8) is 0 Å². The Kier molecular flexibility index (Phi) is 10.8. The molecule has 8 heteroatoms. The summed E-state index contributed by atoms with van der Waals surface area (Å²) in [5.74, 6) is 0.919. The fourth-order valence-corrected chi connectivity index (χ4v) is 10.1. The van der Waals surface area contributed by atoms with E-state index >= 15 is 0 Å². The first-order chi connectivity index (χ1) is 22.9. The standard InChI is InChI=1S/C39H41N3O2S3/c1-6-40-31-24-27(5)20-22-32(31)45-34(40)25-30(44-9-4)21-23-33-39(43)42(8-3)36(46-33)26-35-41(7-2)37(28-16-12-10-13-17-28)38(47-35)29-18-14-11-15-19-29/h10-26,36H,6-9H2,1-5H3/p+2/b30-21-,33-23+,34-25-,35-26-. The van der Waals surface area contributed by atoms with E-state index < -0.39 is 0 Å². The third-order valence-corrected chi connectivity index (χ3v) is 12.1. The molecule has 3 atom stereocenters. The number of nitrogens with one attached hydrogen (secondary N) is 2. The highest BCUT2D eigenvalue weighted by atomic mass is 32.2. The number of hydrogen-bond donors (Lipinski definition) is 2. The number of aryl methyl sites for hydroxylation is 1. The molecule has 3 aliphatic heterocycles. The zero-order valence-electron chi connectivity index (χ0n) is 27.7. The molecule has 6 rings (SSSR count). The molecule has 3 aliphatic rings. The Balaban J connectivity index is 1.29. The average molecular weight is 682 g/mol. The molecule has 1 amide bonds. The first-order valence-electron chi connectivity index (χ1n) is 16.5. The van der Waals surface area contributed by atoms with E-state index in [-0.39, 0.29) is 11.3 Å². The van der Waals surface area contributed by atoms with Gasteiger partial charge in [-0.3, -0.25) is 9.80 Å². The van der Waals surface area contributed by atoms with E-state index in [2.05, 4.69) is 124 Å². The minimum absolute atomic E-state index is 0.0205. The van der Waals surface area contributed by atoms with Gasteiger partial charge in [0.2, 0.25) is 0 Å². The molecule has 0 bridgehead atoms. The van der Waals surface area contributed by atoms with Crippen molar-refractivity contribution < 1.29 is 19.3 Å². The minimum atomic E-state index is -0.0205. The smallest absolute Gasteiger partial charge is 0.352 e. The number of benzene rings is 3. The number of carbonyl (C=O) groups excluding carboxylic acids is 1. The number of allylic oxidation sites excluding steroid dienone is 3. The van der Waals surface area contributed by atoms with Crippen molar-refractivity contribution in [2.45, 2.75) is 44.9 Å². The van der Waals surface area contributed by atoms with Gasteiger partial charge in [0, 0.05) is 29.7 Å². The number of rotatable bonds is 10. The zero-order valence-corrected chi connectivity index (χ0v) is 30.2. The third kappa shape index (κ3) is 7.08. The summed E-state index contributed by atoms with van der Waals surface area (Å²) in [5.41, 5.74) is 6.22. The molecule has 0 aliphatic carbocycles. The van der Waals surface area contributed by atoms with E-state index in [4.69, 9.17) is 4.74 Å². The molecular weight excluding hydrogens is 639 g/mol. The predicted molar refractivity (Wildman–Crippen MR) is 200 cm³/mol. The van der Waals surface area contributed by atoms with Crippen molar-refractivity contribution in [2.24, 2.45) is 0 Å². The van der Waals surface area contributed by atoms with Crippen LogP contribution in [0.5, 0.6) is 0 Å². The molecule has 0 radical (unpaired) electrons. The molecule has 0 saturated carbocycles. The monoisotopic (exact) mass is 681 g/mol. The predicted octanol–water partition coefficient (Wildman–Crippen LogP) is 7.22. The summed E-state index contributed by atoms with van der Waals surface area (Å²) in [7, 11) is 0. The number of nitrogens with zero attached hydrogens (tertiary/aromatic N) is 1. The lowest BCUT2D eigenvalue weighted by Gasteiger charge is -2.23. The largest absolute Gasteiger partial charge is 0.494 e. The summed E-state index contributed by atoms with van der Waals surface area (Å²) in [6.45, 7) is 13.7. The maximum absolute atomic E-state index is 13.8. The number of hydrogen-bond acceptors (Lipinski definition) is 6. The second-order valence-corrected chi connectivity index (χ2v) is 14.8. The fourth-order valence-electron chi connectivity index (χ4n) is 6.19. The maximum atomic E-state index is 13.8. The van der Waals surface area contributed by atoms with Gasteiger partial charge in [0.1, 0.15) is 10.7 Å². The van der Waals surface area contributed by atoms with E-state index in [9.17, 15) is 4.79 Å². The molecule has 0 aromatic heterocycles. The van der Waals surface area contributed by atoms with E-state index in [0.29, 0.717) is 13.2 Å². The number of thioether (sulfide) groups is 3. The lowest BCUT2D eigenvalue weighted by atomic mass is 10.1. The Morgan fingerprint density at radius 2 is 1.64 bits per heavy atom. The molecular formula is C39H43N3O2S3+2.